The van der Waals surface area contributed by atoms with Gasteiger partial charge in [0.15, 0.2) is 5.75 Å². The molecule has 0 bridgehead atoms. The second kappa shape index (κ2) is 9.07. The van der Waals surface area contributed by atoms with Crippen LogP contribution >= 0.6 is 23.2 Å². The highest BCUT2D eigenvalue weighted by Crippen LogP contribution is 2.39. The second-order valence-corrected chi connectivity index (χ2v) is 7.11. The highest BCUT2D eigenvalue weighted by Gasteiger charge is 2.19. The van der Waals surface area contributed by atoms with Crippen molar-refractivity contribution in [3.63, 3.8) is 0 Å². The highest BCUT2D eigenvalue weighted by atomic mass is 35.5. The molecule has 0 aliphatic rings. The number of carbonyl (C=O) groups is 2. The highest BCUT2D eigenvalue weighted by molar-refractivity contribution is 6.37. The average molecular weight is 428 g/mol. The van der Waals surface area contributed by atoms with Crippen LogP contribution in [-0.2, 0) is 9.59 Å². The van der Waals surface area contributed by atoms with E-state index in [2.05, 4.69) is 10.2 Å². The molecule has 0 saturated heterocycles. The molecule has 2 N–H and O–H groups in total. The monoisotopic (exact) mass is 427 g/mol. The molecule has 0 aliphatic carbocycles. The number of aromatic amines is 1. The van der Waals surface area contributed by atoms with Gasteiger partial charge >= 0.3 is 5.97 Å². The van der Waals surface area contributed by atoms with Crippen molar-refractivity contribution in [2.45, 2.75) is 33.1 Å². The molecule has 2 aromatic rings. The van der Waals surface area contributed by atoms with E-state index in [1.54, 1.807) is 0 Å². The van der Waals surface area contributed by atoms with E-state index in [0.29, 0.717) is 11.3 Å². The number of anilines is 1. The van der Waals surface area contributed by atoms with Crippen molar-refractivity contribution in [3.8, 4) is 11.6 Å². The molecule has 0 aliphatic heterocycles. The van der Waals surface area contributed by atoms with Gasteiger partial charge in [-0.15, -0.1) is 5.10 Å². The molecular weight excluding hydrogens is 409 g/mol. The molecule has 8 nitrogen and oxygen atoms in total. The Hall–Kier alpha value is -2.58. The zero-order valence-corrected chi connectivity index (χ0v) is 17.0. The van der Waals surface area contributed by atoms with Crippen LogP contribution in [0, 0.1) is 0 Å². The first-order valence-corrected chi connectivity index (χ1v) is 9.12. The number of carbonyl (C=O) groups excluding carboxylic acids is 1. The lowest BCUT2D eigenvalue weighted by molar-refractivity contribution is -0.136. The van der Waals surface area contributed by atoms with Gasteiger partial charge in [0.25, 0.3) is 5.56 Å². The van der Waals surface area contributed by atoms with E-state index < -0.39 is 5.97 Å². The van der Waals surface area contributed by atoms with Crippen LogP contribution in [0.2, 0.25) is 10.0 Å². The number of hydrogen-bond donors (Lipinski definition) is 2. The molecule has 0 atom stereocenters. The van der Waals surface area contributed by atoms with Gasteiger partial charge in [0.1, 0.15) is 0 Å². The fourth-order valence-electron chi connectivity index (χ4n) is 2.46. The van der Waals surface area contributed by atoms with E-state index >= 15 is 0 Å². The molecule has 0 spiro atoms. The van der Waals surface area contributed by atoms with Crippen LogP contribution in [0.5, 0.6) is 11.6 Å². The second-order valence-electron chi connectivity index (χ2n) is 6.30. The molecule has 28 heavy (non-hydrogen) atoms. The number of nitrogens with zero attached hydrogens (tertiary/aromatic N) is 2. The van der Waals surface area contributed by atoms with E-state index in [4.69, 9.17) is 33.0 Å². The summed E-state index contributed by atoms with van der Waals surface area (Å²) in [6.07, 6.45) is -0.230. The van der Waals surface area contributed by atoms with Gasteiger partial charge in [-0.05, 0) is 18.1 Å². The van der Waals surface area contributed by atoms with E-state index in [9.17, 15) is 14.4 Å². The molecule has 1 amide bonds. The van der Waals surface area contributed by atoms with Crippen LogP contribution in [0.4, 0.5) is 5.69 Å². The Bertz CT molecular complexity index is 935. The number of rotatable bonds is 7. The quantitative estimate of drug-likeness (QED) is 0.694. The van der Waals surface area contributed by atoms with Gasteiger partial charge in [-0.1, -0.05) is 37.0 Å². The summed E-state index contributed by atoms with van der Waals surface area (Å²) >= 11 is 12.5. The molecule has 1 aromatic heterocycles. The molecule has 10 heteroatoms. The van der Waals surface area contributed by atoms with Gasteiger partial charge in [-0.2, -0.15) is 0 Å². The number of ether oxygens (including phenoxy) is 1. The minimum absolute atomic E-state index is 0.0310. The zero-order chi connectivity index (χ0) is 21.0. The number of hydrogen-bond acceptors (Lipinski definition) is 5. The molecule has 1 aromatic carbocycles. The predicted molar refractivity (Wildman–Crippen MR) is 106 cm³/mol. The first kappa shape index (κ1) is 21.7. The average Bonchev–Trinajstić information content (AvgIpc) is 2.58. The Morgan fingerprint density at radius 2 is 1.86 bits per heavy atom. The van der Waals surface area contributed by atoms with Crippen LogP contribution in [0.3, 0.4) is 0 Å². The number of H-pyrrole nitrogens is 1. The van der Waals surface area contributed by atoms with E-state index in [1.165, 1.54) is 30.0 Å². The largest absolute Gasteiger partial charge is 0.481 e. The summed E-state index contributed by atoms with van der Waals surface area (Å²) in [7, 11) is 0. The minimum atomic E-state index is -1.03. The Morgan fingerprint density at radius 3 is 2.36 bits per heavy atom. The number of aliphatic carboxylic acids is 1. The molecule has 1 heterocycles. The first-order valence-electron chi connectivity index (χ1n) is 8.36. The van der Waals surface area contributed by atoms with E-state index in [1.807, 2.05) is 13.8 Å². The summed E-state index contributed by atoms with van der Waals surface area (Å²) in [5.74, 6) is -1.22. The topological polar surface area (TPSA) is 113 Å². The Morgan fingerprint density at radius 1 is 1.25 bits per heavy atom. The van der Waals surface area contributed by atoms with Gasteiger partial charge in [0.2, 0.25) is 11.8 Å². The lowest BCUT2D eigenvalue weighted by Gasteiger charge is -2.22. The van der Waals surface area contributed by atoms with Crippen LogP contribution in [0.15, 0.2) is 23.0 Å². The third kappa shape index (κ3) is 5.24. The zero-order valence-electron chi connectivity index (χ0n) is 15.5. The molecule has 150 valence electrons. The molecule has 2 rings (SSSR count). The number of amides is 1. The smallest absolute Gasteiger partial charge is 0.305 e. The van der Waals surface area contributed by atoms with E-state index in [-0.39, 0.29) is 52.0 Å². The van der Waals surface area contributed by atoms with Crippen molar-refractivity contribution in [3.05, 3.63) is 44.2 Å². The third-order valence-corrected chi connectivity index (χ3v) is 4.42. The lowest BCUT2D eigenvalue weighted by Crippen LogP contribution is -2.30. The van der Waals surface area contributed by atoms with Crippen molar-refractivity contribution in [1.82, 2.24) is 10.2 Å². The van der Waals surface area contributed by atoms with Gasteiger partial charge < -0.3 is 14.7 Å². The number of carboxylic acid groups (broad SMARTS) is 1. The van der Waals surface area contributed by atoms with Gasteiger partial charge in [0.05, 0.1) is 16.5 Å². The fourth-order valence-corrected chi connectivity index (χ4v) is 3.02. The molecule has 0 saturated carbocycles. The maximum atomic E-state index is 11.9. The molecule has 0 unspecified atom stereocenters. The SMILES string of the molecule is CC(=O)N(CCC(=O)O)c1cc(Cl)c(Oc2cc(C(C)C)c(=O)[nH]n2)c(Cl)c1. The summed E-state index contributed by atoms with van der Waals surface area (Å²) in [5, 5.41) is 15.2. The maximum Gasteiger partial charge on any atom is 0.305 e. The van der Waals surface area contributed by atoms with Crippen molar-refractivity contribution in [2.24, 2.45) is 0 Å². The van der Waals surface area contributed by atoms with Crippen LogP contribution < -0.4 is 15.2 Å². The Kier molecular flexibility index (Phi) is 7.04. The number of nitrogens with one attached hydrogen (secondary N) is 1. The fraction of sp³-hybridized carbons (Fsp3) is 0.333. The number of carboxylic acids is 1. The lowest BCUT2D eigenvalue weighted by atomic mass is 10.1. The van der Waals surface area contributed by atoms with Crippen LogP contribution in [-0.4, -0.2) is 33.7 Å². The minimum Gasteiger partial charge on any atom is -0.481 e. The van der Waals surface area contributed by atoms with Crippen LogP contribution in [0.1, 0.15) is 38.7 Å². The Balaban J connectivity index is 2.36. The van der Waals surface area contributed by atoms with Gasteiger partial charge in [0, 0.05) is 30.8 Å². The number of benzene rings is 1. The number of halogens is 2. The third-order valence-electron chi connectivity index (χ3n) is 3.86. The maximum absolute atomic E-state index is 11.9. The van der Waals surface area contributed by atoms with Crippen molar-refractivity contribution in [2.75, 3.05) is 11.4 Å². The standard InChI is InChI=1S/C18H19Cl2N3O5/c1-9(2)12-8-15(21-22-18(12)27)28-17-13(19)6-11(7-14(17)20)23(10(3)24)5-4-16(25)26/h6-9H,4-5H2,1-3H3,(H,22,27)(H,25,26). The molecule has 0 radical (unpaired) electrons. The predicted octanol–water partition coefficient (Wildman–Crippen LogP) is 3.82. The summed E-state index contributed by atoms with van der Waals surface area (Å²) in [6.45, 7) is 5.00. The Labute approximate surface area is 171 Å². The van der Waals surface area contributed by atoms with Crippen LogP contribution in [0.25, 0.3) is 0 Å². The van der Waals surface area contributed by atoms with Crippen molar-refractivity contribution in [1.29, 1.82) is 0 Å². The van der Waals surface area contributed by atoms with Crippen molar-refractivity contribution >= 4 is 40.8 Å². The number of aromatic nitrogens is 2. The normalized spacial score (nSPS) is 10.8. The molecular formula is C18H19Cl2N3O5. The van der Waals surface area contributed by atoms with Crippen molar-refractivity contribution < 1.29 is 19.4 Å². The van der Waals surface area contributed by atoms with E-state index in [0.717, 1.165) is 0 Å². The van der Waals surface area contributed by atoms with Gasteiger partial charge in [-0.3, -0.25) is 14.4 Å². The summed E-state index contributed by atoms with van der Waals surface area (Å²) in [5.41, 5.74) is 0.518. The summed E-state index contributed by atoms with van der Waals surface area (Å²) < 4.78 is 5.64. The first-order chi connectivity index (χ1) is 13.1. The molecule has 0 fully saturated rings. The van der Waals surface area contributed by atoms with Gasteiger partial charge in [-0.25, -0.2) is 5.10 Å². The summed E-state index contributed by atoms with van der Waals surface area (Å²) in [4.78, 5) is 35.7. The summed E-state index contributed by atoms with van der Waals surface area (Å²) in [6, 6.07) is 4.39.